The van der Waals surface area contributed by atoms with E-state index < -0.39 is 0 Å². The van der Waals surface area contributed by atoms with Crippen LogP contribution in [-0.2, 0) is 0 Å². The Morgan fingerprint density at radius 2 is 1.74 bits per heavy atom. The first-order chi connectivity index (χ1) is 11.2. The summed E-state index contributed by atoms with van der Waals surface area (Å²) < 4.78 is 11.5. The lowest BCUT2D eigenvalue weighted by molar-refractivity contribution is 0.0989. The van der Waals surface area contributed by atoms with Gasteiger partial charge in [-0.1, -0.05) is 64.0 Å². The number of rotatable bonds is 11. The Labute approximate surface area is 139 Å². The van der Waals surface area contributed by atoms with Crippen LogP contribution >= 0.6 is 0 Å². The van der Waals surface area contributed by atoms with Gasteiger partial charge in [0.15, 0.2) is 22.9 Å². The van der Waals surface area contributed by atoms with Crippen molar-refractivity contribution in [2.45, 2.75) is 65.2 Å². The molecule has 1 heterocycles. The third-order valence-electron chi connectivity index (χ3n) is 4.11. The van der Waals surface area contributed by atoms with Crippen LogP contribution in [0.25, 0.3) is 11.0 Å². The molecule has 126 valence electrons. The lowest BCUT2D eigenvalue weighted by atomic mass is 10.1. The van der Waals surface area contributed by atoms with Crippen LogP contribution in [0.1, 0.15) is 75.8 Å². The molecule has 0 fully saturated rings. The van der Waals surface area contributed by atoms with Gasteiger partial charge in [0.25, 0.3) is 0 Å². The quantitative estimate of drug-likeness (QED) is 0.368. The largest absolute Gasteiger partial charge is 0.490 e. The van der Waals surface area contributed by atoms with E-state index in [1.807, 2.05) is 18.2 Å². The molecule has 0 saturated carbocycles. The number of unbranched alkanes of at least 4 members (excludes halogenated alkanes) is 7. The van der Waals surface area contributed by atoms with E-state index in [9.17, 15) is 4.79 Å². The van der Waals surface area contributed by atoms with Crippen LogP contribution in [0.15, 0.2) is 28.7 Å². The molecule has 2 rings (SSSR count). The molecule has 0 N–H and O–H groups in total. The van der Waals surface area contributed by atoms with Crippen molar-refractivity contribution in [2.24, 2.45) is 0 Å². The molecule has 0 bridgehead atoms. The van der Waals surface area contributed by atoms with Crippen molar-refractivity contribution in [1.29, 1.82) is 0 Å². The number of para-hydroxylation sites is 1. The molecular weight excluding hydrogens is 288 g/mol. The molecule has 0 unspecified atom stereocenters. The third-order valence-corrected chi connectivity index (χ3v) is 4.11. The number of Topliss-reactive ketones (excluding diaryl/α,β-unsaturated/α-hetero) is 1. The van der Waals surface area contributed by atoms with Crippen LogP contribution in [-0.4, -0.2) is 12.4 Å². The predicted molar refractivity (Wildman–Crippen MR) is 94.3 cm³/mol. The number of furan rings is 1. The van der Waals surface area contributed by atoms with E-state index in [0.29, 0.717) is 18.0 Å². The highest BCUT2D eigenvalue weighted by Gasteiger charge is 2.11. The molecule has 2 aromatic rings. The highest BCUT2D eigenvalue weighted by Crippen LogP contribution is 2.29. The summed E-state index contributed by atoms with van der Waals surface area (Å²) in [7, 11) is 0. The summed E-state index contributed by atoms with van der Waals surface area (Å²) in [4.78, 5) is 11.4. The van der Waals surface area contributed by atoms with Gasteiger partial charge >= 0.3 is 0 Å². The molecule has 23 heavy (non-hydrogen) atoms. The number of benzene rings is 1. The SMILES string of the molecule is CCCCCCCCCCOc1cccc2cc(C(C)=O)oc12. The molecule has 3 nitrogen and oxygen atoms in total. The Morgan fingerprint density at radius 1 is 1.04 bits per heavy atom. The maximum atomic E-state index is 11.4. The minimum Gasteiger partial charge on any atom is -0.490 e. The first-order valence-electron chi connectivity index (χ1n) is 8.88. The second-order valence-corrected chi connectivity index (χ2v) is 6.16. The Hall–Kier alpha value is -1.77. The van der Waals surface area contributed by atoms with Crippen molar-refractivity contribution in [3.05, 3.63) is 30.0 Å². The number of hydrogen-bond donors (Lipinski definition) is 0. The predicted octanol–water partition coefficient (Wildman–Crippen LogP) is 6.15. The molecule has 0 radical (unpaired) electrons. The lowest BCUT2D eigenvalue weighted by Crippen LogP contribution is -1.97. The number of hydrogen-bond acceptors (Lipinski definition) is 3. The molecule has 1 aromatic heterocycles. The molecule has 1 aromatic carbocycles. The smallest absolute Gasteiger partial charge is 0.194 e. The van der Waals surface area contributed by atoms with E-state index >= 15 is 0 Å². The maximum absolute atomic E-state index is 11.4. The summed E-state index contributed by atoms with van der Waals surface area (Å²) in [5.74, 6) is 1.07. The second kappa shape index (κ2) is 9.39. The third kappa shape index (κ3) is 5.42. The fraction of sp³-hybridized carbons (Fsp3) is 0.550. The molecule has 0 saturated heterocycles. The van der Waals surface area contributed by atoms with Gasteiger partial charge < -0.3 is 9.15 Å². The fourth-order valence-electron chi connectivity index (χ4n) is 2.74. The van der Waals surface area contributed by atoms with Gasteiger partial charge in [-0.2, -0.15) is 0 Å². The average molecular weight is 316 g/mol. The van der Waals surface area contributed by atoms with E-state index in [2.05, 4.69) is 6.92 Å². The second-order valence-electron chi connectivity index (χ2n) is 6.16. The van der Waals surface area contributed by atoms with E-state index in [0.717, 1.165) is 17.6 Å². The van der Waals surface area contributed by atoms with Crippen molar-refractivity contribution in [3.8, 4) is 5.75 Å². The number of ketones is 1. The summed E-state index contributed by atoms with van der Waals surface area (Å²) in [6.45, 7) is 4.46. The van der Waals surface area contributed by atoms with Crippen LogP contribution < -0.4 is 4.74 Å². The highest BCUT2D eigenvalue weighted by molar-refractivity contribution is 5.97. The lowest BCUT2D eigenvalue weighted by Gasteiger charge is -2.06. The Morgan fingerprint density at radius 3 is 2.43 bits per heavy atom. The number of carbonyl (C=O) groups is 1. The average Bonchev–Trinajstić information content (AvgIpc) is 2.98. The molecule has 0 aliphatic heterocycles. The maximum Gasteiger partial charge on any atom is 0.194 e. The normalized spacial score (nSPS) is 11.0. The molecule has 0 aliphatic carbocycles. The van der Waals surface area contributed by atoms with Gasteiger partial charge in [0, 0.05) is 12.3 Å². The van der Waals surface area contributed by atoms with Crippen LogP contribution in [0.5, 0.6) is 5.75 Å². The Balaban J connectivity index is 1.73. The topological polar surface area (TPSA) is 39.4 Å². The summed E-state index contributed by atoms with van der Waals surface area (Å²) in [6, 6.07) is 7.56. The molecule has 3 heteroatoms. The number of ether oxygens (including phenoxy) is 1. The Bertz CT molecular complexity index is 612. The molecule has 0 amide bonds. The Kier molecular flexibility index (Phi) is 7.18. The van der Waals surface area contributed by atoms with E-state index in [-0.39, 0.29) is 5.78 Å². The minimum absolute atomic E-state index is 0.0600. The highest BCUT2D eigenvalue weighted by atomic mass is 16.5. The van der Waals surface area contributed by atoms with Crippen LogP contribution in [0.2, 0.25) is 0 Å². The van der Waals surface area contributed by atoms with Crippen LogP contribution in [0, 0.1) is 0 Å². The summed E-state index contributed by atoms with van der Waals surface area (Å²) in [5.41, 5.74) is 0.678. The minimum atomic E-state index is -0.0600. The zero-order valence-electron chi connectivity index (χ0n) is 14.4. The number of fused-ring (bicyclic) bond motifs is 1. The van der Waals surface area contributed by atoms with Gasteiger partial charge in [-0.3, -0.25) is 4.79 Å². The van der Waals surface area contributed by atoms with Gasteiger partial charge in [0.05, 0.1) is 6.61 Å². The van der Waals surface area contributed by atoms with Crippen molar-refractivity contribution < 1.29 is 13.9 Å². The van der Waals surface area contributed by atoms with Gasteiger partial charge in [0.1, 0.15) is 0 Å². The van der Waals surface area contributed by atoms with E-state index in [1.165, 1.54) is 51.9 Å². The fourth-order valence-corrected chi connectivity index (χ4v) is 2.74. The standard InChI is InChI=1S/C20H28O3/c1-3-4-5-6-7-8-9-10-14-22-18-13-11-12-17-15-19(16(2)21)23-20(17)18/h11-13,15H,3-10,14H2,1-2H3. The zero-order chi connectivity index (χ0) is 16.5. The first kappa shape index (κ1) is 17.6. The van der Waals surface area contributed by atoms with Gasteiger partial charge in [0.2, 0.25) is 0 Å². The molecular formula is C20H28O3. The van der Waals surface area contributed by atoms with Gasteiger partial charge in [-0.15, -0.1) is 0 Å². The van der Waals surface area contributed by atoms with Crippen molar-refractivity contribution in [1.82, 2.24) is 0 Å². The summed E-state index contributed by atoms with van der Waals surface area (Å²) in [5, 5.41) is 0.920. The summed E-state index contributed by atoms with van der Waals surface area (Å²) >= 11 is 0. The zero-order valence-corrected chi connectivity index (χ0v) is 14.4. The molecule has 0 spiro atoms. The van der Waals surface area contributed by atoms with Crippen molar-refractivity contribution >= 4 is 16.8 Å². The van der Waals surface area contributed by atoms with Gasteiger partial charge in [-0.25, -0.2) is 0 Å². The van der Waals surface area contributed by atoms with Gasteiger partial charge in [-0.05, 0) is 18.6 Å². The monoisotopic (exact) mass is 316 g/mol. The first-order valence-corrected chi connectivity index (χ1v) is 8.88. The van der Waals surface area contributed by atoms with Crippen molar-refractivity contribution in [3.63, 3.8) is 0 Å². The molecule has 0 atom stereocenters. The molecule has 0 aliphatic rings. The summed E-state index contributed by atoms with van der Waals surface area (Å²) in [6.07, 6.45) is 10.3. The van der Waals surface area contributed by atoms with E-state index in [4.69, 9.17) is 9.15 Å². The van der Waals surface area contributed by atoms with Crippen LogP contribution in [0.4, 0.5) is 0 Å². The van der Waals surface area contributed by atoms with Crippen molar-refractivity contribution in [2.75, 3.05) is 6.61 Å². The van der Waals surface area contributed by atoms with Crippen LogP contribution in [0.3, 0.4) is 0 Å². The number of carbonyl (C=O) groups excluding carboxylic acids is 1. The van der Waals surface area contributed by atoms with E-state index in [1.54, 1.807) is 6.07 Å².